The number of carbonyl (C=O) groups is 2. The van der Waals surface area contributed by atoms with Gasteiger partial charge in [0.1, 0.15) is 0 Å². The lowest BCUT2D eigenvalue weighted by Crippen LogP contribution is -2.52. The van der Waals surface area contributed by atoms with Gasteiger partial charge in [0.25, 0.3) is 0 Å². The van der Waals surface area contributed by atoms with Gasteiger partial charge in [0, 0.05) is 17.9 Å². The van der Waals surface area contributed by atoms with Crippen molar-refractivity contribution in [2.45, 2.75) is 48.0 Å². The van der Waals surface area contributed by atoms with Crippen LogP contribution in [0.3, 0.4) is 0 Å². The summed E-state index contributed by atoms with van der Waals surface area (Å²) in [6, 6.07) is 7.94. The minimum atomic E-state index is -0.347. The van der Waals surface area contributed by atoms with Crippen LogP contribution in [0.4, 0.5) is 5.69 Å². The second-order valence-electron chi connectivity index (χ2n) is 6.29. The second kappa shape index (κ2) is 6.17. The van der Waals surface area contributed by atoms with Crippen molar-refractivity contribution in [2.75, 3.05) is 18.5 Å². The summed E-state index contributed by atoms with van der Waals surface area (Å²) in [5.41, 5.74) is 0.841. The monoisotopic (exact) mass is 332 g/mol. The number of benzene rings is 1. The van der Waals surface area contributed by atoms with Crippen LogP contribution in [0.5, 0.6) is 0 Å². The van der Waals surface area contributed by atoms with Gasteiger partial charge in [-0.25, -0.2) is 0 Å². The summed E-state index contributed by atoms with van der Waals surface area (Å²) in [5.74, 6) is 0.00973. The molecule has 1 aliphatic carbocycles. The molecule has 1 saturated carbocycles. The molecule has 2 aliphatic heterocycles. The van der Waals surface area contributed by atoms with Crippen molar-refractivity contribution in [3.8, 4) is 0 Å². The lowest BCUT2D eigenvalue weighted by Gasteiger charge is -2.38. The van der Waals surface area contributed by atoms with E-state index in [-0.39, 0.29) is 35.6 Å². The number of rotatable bonds is 2. The Labute approximate surface area is 139 Å². The number of thioether (sulfide) groups is 1. The third-order valence-corrected chi connectivity index (χ3v) is 6.14. The van der Waals surface area contributed by atoms with Crippen LogP contribution in [0, 0.1) is 0 Å². The predicted molar refractivity (Wildman–Crippen MR) is 88.4 cm³/mol. The normalized spacial score (nSPS) is 29.7. The Hall–Kier alpha value is -1.53. The van der Waals surface area contributed by atoms with E-state index >= 15 is 0 Å². The van der Waals surface area contributed by atoms with E-state index in [2.05, 4.69) is 5.32 Å². The Morgan fingerprint density at radius 1 is 1.35 bits per heavy atom. The van der Waals surface area contributed by atoms with Gasteiger partial charge in [-0.15, -0.1) is 11.8 Å². The number of hydrogen-bond acceptors (Lipinski definition) is 4. The fourth-order valence-corrected chi connectivity index (χ4v) is 4.84. The topological polar surface area (TPSA) is 58.6 Å². The van der Waals surface area contributed by atoms with Gasteiger partial charge in [-0.2, -0.15) is 0 Å². The molecule has 2 fully saturated rings. The molecule has 2 amide bonds. The molecule has 1 aromatic rings. The zero-order valence-electron chi connectivity index (χ0n) is 12.9. The van der Waals surface area contributed by atoms with Crippen LogP contribution in [0.25, 0.3) is 0 Å². The van der Waals surface area contributed by atoms with Crippen LogP contribution in [0.1, 0.15) is 25.7 Å². The van der Waals surface area contributed by atoms with Crippen LogP contribution >= 0.6 is 11.8 Å². The molecule has 0 unspecified atom stereocenters. The van der Waals surface area contributed by atoms with E-state index in [1.54, 1.807) is 0 Å². The number of ether oxygens (including phenoxy) is 1. The molecule has 1 saturated heterocycles. The van der Waals surface area contributed by atoms with Gasteiger partial charge in [0.15, 0.2) is 0 Å². The molecule has 122 valence electrons. The molecule has 1 N–H and O–H groups in total. The number of anilines is 1. The number of hydrogen-bond donors (Lipinski definition) is 1. The van der Waals surface area contributed by atoms with Crippen LogP contribution in [-0.4, -0.2) is 47.3 Å². The maximum absolute atomic E-state index is 12.7. The van der Waals surface area contributed by atoms with Crippen molar-refractivity contribution in [1.82, 2.24) is 4.90 Å². The average molecular weight is 332 g/mol. The first kappa shape index (κ1) is 15.0. The van der Waals surface area contributed by atoms with Gasteiger partial charge in [0.05, 0.1) is 29.7 Å². The molecule has 0 aromatic heterocycles. The fraction of sp³-hybridized carbons (Fsp3) is 0.529. The Kier molecular flexibility index (Phi) is 4.03. The molecular weight excluding hydrogens is 312 g/mol. The van der Waals surface area contributed by atoms with E-state index in [4.69, 9.17) is 4.74 Å². The zero-order valence-corrected chi connectivity index (χ0v) is 13.7. The molecule has 3 atom stereocenters. The lowest BCUT2D eigenvalue weighted by molar-refractivity contribution is -0.144. The molecule has 0 spiro atoms. The number of amides is 2. The van der Waals surface area contributed by atoms with Gasteiger partial charge >= 0.3 is 0 Å². The summed E-state index contributed by atoms with van der Waals surface area (Å²) in [5, 5.41) is 2.56. The molecule has 3 aliphatic rings. The van der Waals surface area contributed by atoms with E-state index in [0.717, 1.165) is 29.8 Å². The third-order valence-electron chi connectivity index (χ3n) is 4.87. The van der Waals surface area contributed by atoms with E-state index in [0.29, 0.717) is 13.2 Å². The molecule has 5 nitrogen and oxygen atoms in total. The fourth-order valence-electron chi connectivity index (χ4n) is 3.74. The first-order valence-electron chi connectivity index (χ1n) is 8.20. The van der Waals surface area contributed by atoms with Crippen molar-refractivity contribution < 1.29 is 14.3 Å². The predicted octanol–water partition coefficient (Wildman–Crippen LogP) is 2.27. The number of para-hydroxylation sites is 1. The van der Waals surface area contributed by atoms with E-state index in [1.807, 2.05) is 29.2 Å². The van der Waals surface area contributed by atoms with E-state index < -0.39 is 0 Å². The Morgan fingerprint density at radius 3 is 3.13 bits per heavy atom. The van der Waals surface area contributed by atoms with E-state index in [1.165, 1.54) is 11.8 Å². The maximum atomic E-state index is 12.7. The summed E-state index contributed by atoms with van der Waals surface area (Å²) < 4.78 is 5.76. The smallest absolute Gasteiger partial charge is 0.238 e. The summed E-state index contributed by atoms with van der Waals surface area (Å²) in [4.78, 5) is 28.0. The highest BCUT2D eigenvalue weighted by Gasteiger charge is 2.39. The summed E-state index contributed by atoms with van der Waals surface area (Å²) in [6.07, 6.45) is 3.63. The van der Waals surface area contributed by atoms with Crippen LogP contribution in [0.2, 0.25) is 0 Å². The SMILES string of the molecule is O=C1Nc2ccccc2S[C@@H]1CC(=O)N1CCO[C@@H]2CCC[C@@H]21. The van der Waals surface area contributed by atoms with Crippen molar-refractivity contribution >= 4 is 29.3 Å². The van der Waals surface area contributed by atoms with Crippen LogP contribution < -0.4 is 5.32 Å². The van der Waals surface area contributed by atoms with Gasteiger partial charge in [-0.05, 0) is 31.4 Å². The molecule has 2 heterocycles. The lowest BCUT2D eigenvalue weighted by atomic mass is 10.1. The van der Waals surface area contributed by atoms with Gasteiger partial charge in [-0.3, -0.25) is 9.59 Å². The van der Waals surface area contributed by atoms with Gasteiger partial charge < -0.3 is 15.0 Å². The van der Waals surface area contributed by atoms with Crippen LogP contribution in [-0.2, 0) is 14.3 Å². The van der Waals surface area contributed by atoms with Gasteiger partial charge in [0.2, 0.25) is 11.8 Å². The minimum Gasteiger partial charge on any atom is -0.374 e. The first-order valence-corrected chi connectivity index (χ1v) is 9.08. The molecule has 0 radical (unpaired) electrons. The van der Waals surface area contributed by atoms with Crippen molar-refractivity contribution in [2.24, 2.45) is 0 Å². The highest BCUT2D eigenvalue weighted by atomic mass is 32.2. The molecule has 0 bridgehead atoms. The van der Waals surface area contributed by atoms with Crippen LogP contribution in [0.15, 0.2) is 29.2 Å². The van der Waals surface area contributed by atoms with Crippen molar-refractivity contribution in [1.29, 1.82) is 0 Å². The molecule has 4 rings (SSSR count). The highest BCUT2D eigenvalue weighted by Crippen LogP contribution is 2.37. The first-order chi connectivity index (χ1) is 11.2. The quantitative estimate of drug-likeness (QED) is 0.903. The second-order valence-corrected chi connectivity index (χ2v) is 7.54. The summed E-state index contributed by atoms with van der Waals surface area (Å²) in [7, 11) is 0. The molecule has 1 aromatic carbocycles. The Bertz CT molecular complexity index is 636. The molecule has 6 heteroatoms. The summed E-state index contributed by atoms with van der Waals surface area (Å²) in [6.45, 7) is 1.26. The number of nitrogens with zero attached hydrogens (tertiary/aromatic N) is 1. The van der Waals surface area contributed by atoms with Gasteiger partial charge in [-0.1, -0.05) is 12.1 Å². The highest BCUT2D eigenvalue weighted by molar-refractivity contribution is 8.01. The maximum Gasteiger partial charge on any atom is 0.238 e. The number of fused-ring (bicyclic) bond motifs is 2. The zero-order chi connectivity index (χ0) is 15.8. The van der Waals surface area contributed by atoms with Crippen molar-refractivity contribution in [3.63, 3.8) is 0 Å². The number of morpholine rings is 1. The standard InChI is InChI=1S/C17H20N2O3S/c20-16(19-8-9-22-13-6-3-5-12(13)19)10-15-17(21)18-11-4-1-2-7-14(11)23-15/h1-2,4,7,12-13,15H,3,5-6,8-10H2,(H,18,21)/t12-,13+,15+/m0/s1. The summed E-state index contributed by atoms with van der Waals surface area (Å²) >= 11 is 1.49. The number of carbonyl (C=O) groups excluding carboxylic acids is 2. The Balaban J connectivity index is 1.45. The largest absolute Gasteiger partial charge is 0.374 e. The Morgan fingerprint density at radius 2 is 2.22 bits per heavy atom. The minimum absolute atomic E-state index is 0.0710. The van der Waals surface area contributed by atoms with E-state index in [9.17, 15) is 9.59 Å². The van der Waals surface area contributed by atoms with Crippen molar-refractivity contribution in [3.05, 3.63) is 24.3 Å². The molecular formula is C17H20N2O3S. The third kappa shape index (κ3) is 2.85. The molecule has 23 heavy (non-hydrogen) atoms. The number of nitrogens with one attached hydrogen (secondary N) is 1. The average Bonchev–Trinajstić information content (AvgIpc) is 3.04.